The molecule has 1 aromatic heterocycles. The predicted molar refractivity (Wildman–Crippen MR) is 82.8 cm³/mol. The summed E-state index contributed by atoms with van der Waals surface area (Å²) in [6, 6.07) is 8.18. The van der Waals surface area contributed by atoms with Crippen LogP contribution in [-0.4, -0.2) is 13.4 Å². The highest BCUT2D eigenvalue weighted by atomic mass is 35.7. The lowest BCUT2D eigenvalue weighted by Crippen LogP contribution is -2.01. The van der Waals surface area contributed by atoms with Gasteiger partial charge >= 0.3 is 0 Å². The van der Waals surface area contributed by atoms with Crippen molar-refractivity contribution >= 4 is 42.9 Å². The van der Waals surface area contributed by atoms with Crippen molar-refractivity contribution < 1.29 is 13.2 Å². The largest absolute Gasteiger partial charge is 0.486 e. The molecule has 0 bridgehead atoms. The lowest BCUT2D eigenvalue weighted by molar-refractivity contribution is 0.301. The first-order valence-corrected chi connectivity index (χ1v) is 8.83. The molecule has 0 amide bonds. The highest BCUT2D eigenvalue weighted by Gasteiger charge is 2.19. The predicted octanol–water partition coefficient (Wildman–Crippen LogP) is 4.20. The van der Waals surface area contributed by atoms with Gasteiger partial charge < -0.3 is 4.74 Å². The number of hydrogen-bond donors (Lipinski definition) is 0. The van der Waals surface area contributed by atoms with Gasteiger partial charge in [0.2, 0.25) is 0 Å². The van der Waals surface area contributed by atoms with Gasteiger partial charge in [-0.2, -0.15) is 0 Å². The van der Waals surface area contributed by atoms with Gasteiger partial charge in [-0.15, -0.1) is 0 Å². The van der Waals surface area contributed by atoms with Crippen LogP contribution in [0.1, 0.15) is 11.4 Å². The Morgan fingerprint density at radius 1 is 1.14 bits per heavy atom. The minimum atomic E-state index is -3.96. The zero-order valence-electron chi connectivity index (χ0n) is 10.8. The van der Waals surface area contributed by atoms with Crippen LogP contribution < -0.4 is 4.74 Å². The van der Waals surface area contributed by atoms with Crippen LogP contribution in [0.2, 0.25) is 10.0 Å². The molecule has 1 heterocycles. The lowest BCUT2D eigenvalue weighted by Gasteiger charge is -2.10. The Kier molecular flexibility index (Phi) is 4.99. The van der Waals surface area contributed by atoms with Gasteiger partial charge in [0.15, 0.2) is 0 Å². The van der Waals surface area contributed by atoms with E-state index < -0.39 is 9.05 Å². The fourth-order valence-corrected chi connectivity index (χ4v) is 3.43. The second kappa shape index (κ2) is 6.40. The van der Waals surface area contributed by atoms with E-state index in [1.54, 1.807) is 6.07 Å². The van der Waals surface area contributed by atoms with E-state index in [4.69, 9.17) is 38.6 Å². The van der Waals surface area contributed by atoms with E-state index in [9.17, 15) is 8.42 Å². The molecule has 0 N–H and O–H groups in total. The minimum Gasteiger partial charge on any atom is -0.486 e. The summed E-state index contributed by atoms with van der Waals surface area (Å²) in [5, 5.41) is -0.174. The summed E-state index contributed by atoms with van der Waals surface area (Å²) in [6.45, 7) is 2.05. The highest BCUT2D eigenvalue weighted by molar-refractivity contribution is 8.13. The Hall–Kier alpha value is -1.01. The third-order valence-electron chi connectivity index (χ3n) is 2.60. The maximum Gasteiger partial charge on any atom is 0.262 e. The first-order valence-electron chi connectivity index (χ1n) is 5.77. The van der Waals surface area contributed by atoms with Crippen molar-refractivity contribution in [1.29, 1.82) is 0 Å². The first-order chi connectivity index (χ1) is 9.79. The van der Waals surface area contributed by atoms with Gasteiger partial charge in [0, 0.05) is 16.4 Å². The summed E-state index contributed by atoms with van der Waals surface area (Å²) in [7, 11) is 1.30. The van der Waals surface area contributed by atoms with Gasteiger partial charge in [-0.25, -0.2) is 8.42 Å². The van der Waals surface area contributed by atoms with Gasteiger partial charge in [0.05, 0.1) is 10.7 Å². The molecule has 1 aromatic carbocycles. The van der Waals surface area contributed by atoms with E-state index in [-0.39, 0.29) is 27.3 Å². The Morgan fingerprint density at radius 3 is 2.48 bits per heavy atom. The van der Waals surface area contributed by atoms with Crippen molar-refractivity contribution in [3.05, 3.63) is 51.8 Å². The second-order valence-corrected chi connectivity index (χ2v) is 7.48. The molecule has 112 valence electrons. The molecule has 0 spiro atoms. The summed E-state index contributed by atoms with van der Waals surface area (Å²) < 4.78 is 28.1. The normalized spacial score (nSPS) is 11.4. The van der Waals surface area contributed by atoms with Crippen molar-refractivity contribution in [2.45, 2.75) is 18.4 Å². The molecule has 8 heteroatoms. The zero-order valence-corrected chi connectivity index (χ0v) is 13.9. The van der Waals surface area contributed by atoms with Crippen molar-refractivity contribution in [2.75, 3.05) is 0 Å². The van der Waals surface area contributed by atoms with E-state index in [0.717, 1.165) is 11.4 Å². The van der Waals surface area contributed by atoms with Crippen molar-refractivity contribution in [2.24, 2.45) is 0 Å². The molecule has 0 radical (unpaired) electrons. The Bertz CT molecular complexity index is 778. The average Bonchev–Trinajstić information content (AvgIpc) is 2.39. The molecule has 0 unspecified atom stereocenters. The molecule has 21 heavy (non-hydrogen) atoms. The molecule has 2 rings (SSSR count). The number of hydrogen-bond acceptors (Lipinski definition) is 4. The van der Waals surface area contributed by atoms with Crippen LogP contribution in [0.4, 0.5) is 0 Å². The van der Waals surface area contributed by atoms with E-state index in [2.05, 4.69) is 4.98 Å². The molecular weight excluding hydrogens is 357 g/mol. The third-order valence-corrected chi connectivity index (χ3v) is 4.94. The first kappa shape index (κ1) is 16.4. The number of aromatic nitrogens is 1. The molecular formula is C13H10Cl3NO3S. The van der Waals surface area contributed by atoms with Crippen molar-refractivity contribution in [1.82, 2.24) is 4.98 Å². The fourth-order valence-electron chi connectivity index (χ4n) is 1.65. The molecule has 0 aliphatic heterocycles. The second-order valence-electron chi connectivity index (χ2n) is 4.19. The molecule has 0 atom stereocenters. The standard InChI is InChI=1S/C13H10Cl3NO3S/c1-8-3-2-4-9(17-8)7-20-10-5-6-11(21(16,18)19)13(15)12(10)14/h2-6H,7H2,1H3. The topological polar surface area (TPSA) is 56.3 Å². The maximum atomic E-state index is 11.3. The number of aryl methyl sites for hydroxylation is 1. The lowest BCUT2D eigenvalue weighted by atomic mass is 10.3. The van der Waals surface area contributed by atoms with E-state index in [1.165, 1.54) is 12.1 Å². The fraction of sp³-hybridized carbons (Fsp3) is 0.154. The number of benzene rings is 1. The summed E-state index contributed by atoms with van der Waals surface area (Å²) >= 11 is 11.9. The SMILES string of the molecule is Cc1cccc(COc2ccc(S(=O)(=O)Cl)c(Cl)c2Cl)n1. The van der Waals surface area contributed by atoms with Gasteiger partial charge in [-0.1, -0.05) is 29.3 Å². The number of pyridine rings is 1. The van der Waals surface area contributed by atoms with Crippen LogP contribution in [0, 0.1) is 6.92 Å². The molecule has 2 aromatic rings. The molecule has 0 fully saturated rings. The Labute approximate surface area is 137 Å². The minimum absolute atomic E-state index is 0.00829. The molecule has 0 saturated heterocycles. The molecule has 4 nitrogen and oxygen atoms in total. The number of nitrogens with zero attached hydrogens (tertiary/aromatic N) is 1. The van der Waals surface area contributed by atoms with Crippen LogP contribution in [0.5, 0.6) is 5.75 Å². The quantitative estimate of drug-likeness (QED) is 0.761. The summed E-state index contributed by atoms with van der Waals surface area (Å²) in [4.78, 5) is 4.03. The Morgan fingerprint density at radius 2 is 1.86 bits per heavy atom. The van der Waals surface area contributed by atoms with Crippen molar-refractivity contribution in [3.8, 4) is 5.75 Å². The molecule has 0 saturated carbocycles. The zero-order chi connectivity index (χ0) is 15.6. The Balaban J connectivity index is 2.24. The van der Waals surface area contributed by atoms with E-state index >= 15 is 0 Å². The van der Waals surface area contributed by atoms with Crippen LogP contribution >= 0.6 is 33.9 Å². The van der Waals surface area contributed by atoms with Gasteiger partial charge in [0.1, 0.15) is 22.3 Å². The maximum absolute atomic E-state index is 11.3. The number of rotatable bonds is 4. The van der Waals surface area contributed by atoms with Crippen LogP contribution in [-0.2, 0) is 15.7 Å². The summed E-state index contributed by atoms with van der Waals surface area (Å²) in [6.07, 6.45) is 0. The summed E-state index contributed by atoms with van der Waals surface area (Å²) in [5.41, 5.74) is 1.58. The van der Waals surface area contributed by atoms with E-state index in [1.807, 2.05) is 19.1 Å². The summed E-state index contributed by atoms with van der Waals surface area (Å²) in [5.74, 6) is 0.258. The van der Waals surface area contributed by atoms with Gasteiger partial charge in [-0.05, 0) is 31.2 Å². The van der Waals surface area contributed by atoms with Crippen LogP contribution in [0.15, 0.2) is 35.2 Å². The van der Waals surface area contributed by atoms with Gasteiger partial charge in [-0.3, -0.25) is 4.98 Å². The van der Waals surface area contributed by atoms with Crippen LogP contribution in [0.25, 0.3) is 0 Å². The van der Waals surface area contributed by atoms with E-state index in [0.29, 0.717) is 0 Å². The monoisotopic (exact) mass is 365 g/mol. The number of halogens is 3. The highest BCUT2D eigenvalue weighted by Crippen LogP contribution is 2.38. The molecule has 0 aliphatic carbocycles. The molecule has 0 aliphatic rings. The number of ether oxygens (including phenoxy) is 1. The van der Waals surface area contributed by atoms with Crippen LogP contribution in [0.3, 0.4) is 0 Å². The smallest absolute Gasteiger partial charge is 0.262 e. The average molecular weight is 367 g/mol. The van der Waals surface area contributed by atoms with Gasteiger partial charge in [0.25, 0.3) is 9.05 Å². The van der Waals surface area contributed by atoms with Crippen molar-refractivity contribution in [3.63, 3.8) is 0 Å². The third kappa shape index (κ3) is 4.01.